The number of aromatic nitrogens is 3. The maximum absolute atomic E-state index is 5.40. The second-order valence-electron chi connectivity index (χ2n) is 5.06. The fraction of sp³-hybridized carbons (Fsp3) is 0.769. The highest BCUT2D eigenvalue weighted by molar-refractivity contribution is 5.37. The molecule has 1 saturated carbocycles. The smallest absolute Gasteiger partial charge is 0.323 e. The Morgan fingerprint density at radius 2 is 2.05 bits per heavy atom. The van der Waals surface area contributed by atoms with Crippen molar-refractivity contribution in [2.45, 2.75) is 27.2 Å². The predicted molar refractivity (Wildman–Crippen MR) is 75.7 cm³/mol. The quantitative estimate of drug-likeness (QED) is 0.811. The van der Waals surface area contributed by atoms with E-state index < -0.39 is 0 Å². The molecule has 1 aliphatic rings. The zero-order valence-electron chi connectivity index (χ0n) is 12.2. The fourth-order valence-corrected chi connectivity index (χ4v) is 2.03. The van der Waals surface area contributed by atoms with Gasteiger partial charge in [-0.2, -0.15) is 15.0 Å². The molecule has 0 aliphatic heterocycles. The molecule has 0 amide bonds. The zero-order chi connectivity index (χ0) is 13.8. The van der Waals surface area contributed by atoms with E-state index in [-0.39, 0.29) is 0 Å². The van der Waals surface area contributed by atoms with Crippen molar-refractivity contribution >= 4 is 11.9 Å². The molecule has 19 heavy (non-hydrogen) atoms. The molecule has 1 aromatic rings. The minimum Gasteiger partial charge on any atom is -0.464 e. The Labute approximate surface area is 114 Å². The van der Waals surface area contributed by atoms with Crippen LogP contribution >= 0.6 is 0 Å². The maximum atomic E-state index is 5.40. The maximum Gasteiger partial charge on any atom is 0.323 e. The molecule has 1 aromatic heterocycles. The van der Waals surface area contributed by atoms with Crippen molar-refractivity contribution in [3.8, 4) is 6.01 Å². The summed E-state index contributed by atoms with van der Waals surface area (Å²) < 4.78 is 5.40. The Morgan fingerprint density at radius 1 is 1.32 bits per heavy atom. The summed E-state index contributed by atoms with van der Waals surface area (Å²) in [5, 5.41) is 3.11. The third kappa shape index (κ3) is 3.68. The van der Waals surface area contributed by atoms with Crippen molar-refractivity contribution in [1.29, 1.82) is 0 Å². The van der Waals surface area contributed by atoms with Crippen LogP contribution in [0.2, 0.25) is 0 Å². The van der Waals surface area contributed by atoms with Crippen LogP contribution in [0.25, 0.3) is 0 Å². The minimum atomic E-state index is 0.388. The zero-order valence-corrected chi connectivity index (χ0v) is 12.2. The second-order valence-corrected chi connectivity index (χ2v) is 5.06. The van der Waals surface area contributed by atoms with Crippen LogP contribution in [0.3, 0.4) is 0 Å². The van der Waals surface area contributed by atoms with E-state index in [0.29, 0.717) is 24.5 Å². The highest BCUT2D eigenvalue weighted by Crippen LogP contribution is 2.38. The summed E-state index contributed by atoms with van der Waals surface area (Å²) in [6.07, 6.45) is 1.30. The molecule has 1 aliphatic carbocycles. The van der Waals surface area contributed by atoms with E-state index >= 15 is 0 Å². The highest BCUT2D eigenvalue weighted by Gasteiger charge is 2.33. The molecule has 6 nitrogen and oxygen atoms in total. The lowest BCUT2D eigenvalue weighted by molar-refractivity contribution is 0.312. The van der Waals surface area contributed by atoms with Crippen LogP contribution in [0, 0.1) is 11.8 Å². The number of hydrogen-bond acceptors (Lipinski definition) is 6. The molecule has 2 unspecified atom stereocenters. The summed E-state index contributed by atoms with van der Waals surface area (Å²) in [5.74, 6) is 2.84. The molecule has 1 fully saturated rings. The Kier molecular flexibility index (Phi) is 4.39. The Bertz CT molecular complexity index is 401. The third-order valence-corrected chi connectivity index (χ3v) is 3.34. The number of anilines is 2. The van der Waals surface area contributed by atoms with Gasteiger partial charge in [0, 0.05) is 20.1 Å². The molecule has 0 aromatic carbocycles. The average molecular weight is 265 g/mol. The molecule has 1 N–H and O–H groups in total. The van der Waals surface area contributed by atoms with Crippen molar-refractivity contribution in [2.75, 3.05) is 37.0 Å². The number of hydrogen-bond donors (Lipinski definition) is 1. The van der Waals surface area contributed by atoms with Gasteiger partial charge in [0.25, 0.3) is 0 Å². The minimum absolute atomic E-state index is 0.388. The Morgan fingerprint density at radius 3 is 2.63 bits per heavy atom. The van der Waals surface area contributed by atoms with E-state index in [1.807, 2.05) is 20.9 Å². The molecule has 0 spiro atoms. The SMILES string of the molecule is CCNc1nc(OCC)nc(N(C)CC2CC2C)n1. The van der Waals surface area contributed by atoms with Crippen molar-refractivity contribution in [3.63, 3.8) is 0 Å². The lowest BCUT2D eigenvalue weighted by atomic mass is 10.3. The summed E-state index contributed by atoms with van der Waals surface area (Å²) >= 11 is 0. The summed E-state index contributed by atoms with van der Waals surface area (Å²) in [6, 6.07) is 0.388. The van der Waals surface area contributed by atoms with Gasteiger partial charge in [-0.1, -0.05) is 6.92 Å². The summed E-state index contributed by atoms with van der Waals surface area (Å²) in [4.78, 5) is 15.1. The van der Waals surface area contributed by atoms with Crippen LogP contribution in [0.15, 0.2) is 0 Å². The van der Waals surface area contributed by atoms with E-state index in [1.165, 1.54) is 6.42 Å². The molecule has 1 heterocycles. The average Bonchev–Trinajstić information content (AvgIpc) is 3.05. The van der Waals surface area contributed by atoms with E-state index in [0.717, 1.165) is 24.9 Å². The van der Waals surface area contributed by atoms with Gasteiger partial charge in [0.1, 0.15) is 0 Å². The van der Waals surface area contributed by atoms with E-state index in [2.05, 4.69) is 32.1 Å². The van der Waals surface area contributed by atoms with Crippen LogP contribution in [0.5, 0.6) is 6.01 Å². The topological polar surface area (TPSA) is 63.2 Å². The van der Waals surface area contributed by atoms with Gasteiger partial charge in [0.05, 0.1) is 6.61 Å². The van der Waals surface area contributed by atoms with Crippen molar-refractivity contribution < 1.29 is 4.74 Å². The highest BCUT2D eigenvalue weighted by atomic mass is 16.5. The standard InChI is InChI=1S/C13H23N5O/c1-5-14-11-15-12(17-13(16-11)19-6-2)18(4)8-10-7-9(10)3/h9-10H,5-8H2,1-4H3,(H,14,15,16,17). The monoisotopic (exact) mass is 265 g/mol. The van der Waals surface area contributed by atoms with Crippen molar-refractivity contribution in [3.05, 3.63) is 0 Å². The van der Waals surface area contributed by atoms with Crippen LogP contribution in [-0.4, -0.2) is 41.7 Å². The first-order valence-electron chi connectivity index (χ1n) is 6.97. The van der Waals surface area contributed by atoms with E-state index in [1.54, 1.807) is 0 Å². The molecular formula is C13H23N5O. The largest absolute Gasteiger partial charge is 0.464 e. The summed E-state index contributed by atoms with van der Waals surface area (Å²) in [5.41, 5.74) is 0. The van der Waals surface area contributed by atoms with Crippen LogP contribution in [0.1, 0.15) is 27.2 Å². The first-order chi connectivity index (χ1) is 9.13. The van der Waals surface area contributed by atoms with Gasteiger partial charge in [-0.05, 0) is 32.1 Å². The second kappa shape index (κ2) is 6.04. The van der Waals surface area contributed by atoms with Gasteiger partial charge >= 0.3 is 6.01 Å². The van der Waals surface area contributed by atoms with Gasteiger partial charge in [-0.15, -0.1) is 0 Å². The van der Waals surface area contributed by atoms with Gasteiger partial charge in [0.15, 0.2) is 0 Å². The molecule has 0 saturated heterocycles. The number of nitrogens with zero attached hydrogens (tertiary/aromatic N) is 4. The Balaban J connectivity index is 2.12. The lowest BCUT2D eigenvalue weighted by Crippen LogP contribution is -2.24. The number of nitrogens with one attached hydrogen (secondary N) is 1. The van der Waals surface area contributed by atoms with E-state index in [9.17, 15) is 0 Å². The van der Waals surface area contributed by atoms with Gasteiger partial charge in [0.2, 0.25) is 11.9 Å². The van der Waals surface area contributed by atoms with Crippen LogP contribution in [0.4, 0.5) is 11.9 Å². The molecular weight excluding hydrogens is 242 g/mol. The first-order valence-corrected chi connectivity index (χ1v) is 6.97. The normalized spacial score (nSPS) is 21.1. The molecule has 106 valence electrons. The molecule has 0 radical (unpaired) electrons. The summed E-state index contributed by atoms with van der Waals surface area (Å²) in [6.45, 7) is 8.53. The molecule has 6 heteroatoms. The first kappa shape index (κ1) is 13.8. The van der Waals surface area contributed by atoms with Crippen molar-refractivity contribution in [2.24, 2.45) is 11.8 Å². The number of ether oxygens (including phenoxy) is 1. The van der Waals surface area contributed by atoms with Gasteiger partial charge < -0.3 is 15.0 Å². The van der Waals surface area contributed by atoms with E-state index in [4.69, 9.17) is 4.74 Å². The molecule has 2 rings (SSSR count). The fourth-order valence-electron chi connectivity index (χ4n) is 2.03. The summed E-state index contributed by atoms with van der Waals surface area (Å²) in [7, 11) is 2.02. The van der Waals surface area contributed by atoms with Crippen LogP contribution < -0.4 is 15.0 Å². The lowest BCUT2D eigenvalue weighted by Gasteiger charge is -2.18. The Hall–Kier alpha value is -1.59. The number of rotatable bonds is 7. The predicted octanol–water partition coefficient (Wildman–Crippen LogP) is 1.79. The third-order valence-electron chi connectivity index (χ3n) is 3.34. The molecule has 2 atom stereocenters. The van der Waals surface area contributed by atoms with Gasteiger partial charge in [-0.25, -0.2) is 0 Å². The van der Waals surface area contributed by atoms with Gasteiger partial charge in [-0.3, -0.25) is 0 Å². The van der Waals surface area contributed by atoms with Crippen LogP contribution in [-0.2, 0) is 0 Å². The van der Waals surface area contributed by atoms with Crippen molar-refractivity contribution in [1.82, 2.24) is 15.0 Å². The molecule has 0 bridgehead atoms.